The normalized spacial score (nSPS) is 18.0. The van der Waals surface area contributed by atoms with Gasteiger partial charge in [-0.1, -0.05) is 19.8 Å². The van der Waals surface area contributed by atoms with Crippen LogP contribution in [0.2, 0.25) is 0 Å². The van der Waals surface area contributed by atoms with Gasteiger partial charge >= 0.3 is 0 Å². The number of amides is 1. The minimum atomic E-state index is -0.674. The second-order valence-electron chi connectivity index (χ2n) is 4.01. The van der Waals surface area contributed by atoms with E-state index in [-0.39, 0.29) is 5.91 Å². The zero-order chi connectivity index (χ0) is 10.4. The lowest BCUT2D eigenvalue weighted by molar-refractivity contribution is -0.131. The van der Waals surface area contributed by atoms with Crippen molar-refractivity contribution >= 4 is 5.91 Å². The van der Waals surface area contributed by atoms with Gasteiger partial charge < -0.3 is 5.32 Å². The maximum atomic E-state index is 11.6. The lowest BCUT2D eigenvalue weighted by Crippen LogP contribution is -2.44. The zero-order valence-corrected chi connectivity index (χ0v) is 8.81. The maximum absolute atomic E-state index is 11.6. The maximum Gasteiger partial charge on any atom is 0.240 e. The van der Waals surface area contributed by atoms with Gasteiger partial charge in [-0.2, -0.15) is 5.26 Å². The molecule has 14 heavy (non-hydrogen) atoms. The van der Waals surface area contributed by atoms with Crippen LogP contribution in [0.5, 0.6) is 0 Å². The van der Waals surface area contributed by atoms with Crippen LogP contribution in [0.25, 0.3) is 0 Å². The third kappa shape index (κ3) is 2.25. The van der Waals surface area contributed by atoms with E-state index in [2.05, 4.69) is 18.3 Å². The van der Waals surface area contributed by atoms with E-state index in [9.17, 15) is 4.79 Å². The molecule has 3 nitrogen and oxygen atoms in total. The average Bonchev–Trinajstić information content (AvgIpc) is 2.12. The summed E-state index contributed by atoms with van der Waals surface area (Å²) in [5.41, 5.74) is -0.674. The van der Waals surface area contributed by atoms with Gasteiger partial charge in [0.2, 0.25) is 5.91 Å². The molecule has 0 unspecified atom stereocenters. The minimum Gasteiger partial charge on any atom is -0.355 e. The topological polar surface area (TPSA) is 52.9 Å². The van der Waals surface area contributed by atoms with Gasteiger partial charge in [0.1, 0.15) is 5.41 Å². The first-order chi connectivity index (χ1) is 6.75. The molecule has 1 amide bonds. The number of hydrogen-bond acceptors (Lipinski definition) is 2. The van der Waals surface area contributed by atoms with Crippen molar-refractivity contribution in [2.75, 3.05) is 6.54 Å². The van der Waals surface area contributed by atoms with Gasteiger partial charge in [-0.05, 0) is 25.7 Å². The molecule has 0 bridgehead atoms. The zero-order valence-electron chi connectivity index (χ0n) is 8.81. The molecule has 0 aromatic rings. The number of hydrogen-bond donors (Lipinski definition) is 1. The van der Waals surface area contributed by atoms with Gasteiger partial charge in [0.15, 0.2) is 0 Å². The Morgan fingerprint density at radius 3 is 2.64 bits per heavy atom. The summed E-state index contributed by atoms with van der Waals surface area (Å²) in [5.74, 6) is -0.0534. The second kappa shape index (κ2) is 4.99. The summed E-state index contributed by atoms with van der Waals surface area (Å²) in [6.07, 6.45) is 5.80. The van der Waals surface area contributed by atoms with Crippen molar-refractivity contribution in [1.29, 1.82) is 5.26 Å². The van der Waals surface area contributed by atoms with Gasteiger partial charge in [0, 0.05) is 6.54 Å². The van der Waals surface area contributed by atoms with Crippen molar-refractivity contribution in [1.82, 2.24) is 5.32 Å². The van der Waals surface area contributed by atoms with Crippen LogP contribution in [0.3, 0.4) is 0 Å². The van der Waals surface area contributed by atoms with Crippen molar-refractivity contribution in [3.05, 3.63) is 0 Å². The molecule has 0 aliphatic heterocycles. The molecule has 0 saturated heterocycles. The summed E-state index contributed by atoms with van der Waals surface area (Å²) in [6.45, 7) is 2.85. The molecule has 1 aliphatic rings. The molecule has 1 aliphatic carbocycles. The summed E-state index contributed by atoms with van der Waals surface area (Å²) in [6, 6.07) is 2.14. The summed E-state index contributed by atoms with van der Waals surface area (Å²) < 4.78 is 0. The van der Waals surface area contributed by atoms with Crippen molar-refractivity contribution in [2.24, 2.45) is 5.41 Å². The highest BCUT2D eigenvalue weighted by Gasteiger charge is 2.44. The summed E-state index contributed by atoms with van der Waals surface area (Å²) >= 11 is 0. The van der Waals surface area contributed by atoms with E-state index >= 15 is 0 Å². The molecule has 3 heteroatoms. The van der Waals surface area contributed by atoms with E-state index in [4.69, 9.17) is 5.26 Å². The number of nitriles is 1. The SMILES string of the molecule is CCCCCNC(=O)C1(C#N)CCC1. The molecule has 0 radical (unpaired) electrons. The van der Waals surface area contributed by atoms with Crippen LogP contribution in [0.15, 0.2) is 0 Å². The molecule has 78 valence electrons. The van der Waals surface area contributed by atoms with Crippen LogP contribution in [0, 0.1) is 16.7 Å². The van der Waals surface area contributed by atoms with Gasteiger partial charge in [-0.25, -0.2) is 0 Å². The molecule has 0 spiro atoms. The first-order valence-corrected chi connectivity index (χ1v) is 5.45. The van der Waals surface area contributed by atoms with E-state index in [0.29, 0.717) is 0 Å². The molecule has 1 saturated carbocycles. The van der Waals surface area contributed by atoms with E-state index < -0.39 is 5.41 Å². The quantitative estimate of drug-likeness (QED) is 0.680. The summed E-state index contributed by atoms with van der Waals surface area (Å²) in [7, 11) is 0. The fourth-order valence-electron chi connectivity index (χ4n) is 1.67. The Kier molecular flexibility index (Phi) is 3.94. The molecule has 0 heterocycles. The highest BCUT2D eigenvalue weighted by atomic mass is 16.2. The van der Waals surface area contributed by atoms with Crippen molar-refractivity contribution in [2.45, 2.75) is 45.4 Å². The molecular formula is C11H18N2O. The molecule has 0 aromatic carbocycles. The largest absolute Gasteiger partial charge is 0.355 e. The second-order valence-corrected chi connectivity index (χ2v) is 4.01. The van der Waals surface area contributed by atoms with Crippen LogP contribution >= 0.6 is 0 Å². The highest BCUT2D eigenvalue weighted by Crippen LogP contribution is 2.40. The fourth-order valence-corrected chi connectivity index (χ4v) is 1.67. The monoisotopic (exact) mass is 194 g/mol. The predicted octanol–water partition coefficient (Wildman–Crippen LogP) is 1.99. The van der Waals surface area contributed by atoms with E-state index in [0.717, 1.165) is 45.1 Å². The predicted molar refractivity (Wildman–Crippen MR) is 54.4 cm³/mol. The molecule has 0 atom stereocenters. The van der Waals surface area contributed by atoms with Crippen LogP contribution in [0.4, 0.5) is 0 Å². The Morgan fingerprint density at radius 2 is 2.21 bits per heavy atom. The average molecular weight is 194 g/mol. The van der Waals surface area contributed by atoms with E-state index in [1.165, 1.54) is 0 Å². The number of nitrogens with one attached hydrogen (secondary N) is 1. The summed E-state index contributed by atoms with van der Waals surface area (Å²) in [5, 5.41) is 11.7. The van der Waals surface area contributed by atoms with Gasteiger partial charge in [-0.15, -0.1) is 0 Å². The molecule has 1 N–H and O–H groups in total. The van der Waals surface area contributed by atoms with Crippen LogP contribution in [-0.4, -0.2) is 12.5 Å². The first-order valence-electron chi connectivity index (χ1n) is 5.45. The highest BCUT2D eigenvalue weighted by molar-refractivity contribution is 5.86. The summed E-state index contributed by atoms with van der Waals surface area (Å²) in [4.78, 5) is 11.6. The van der Waals surface area contributed by atoms with Crippen LogP contribution in [0.1, 0.15) is 45.4 Å². The van der Waals surface area contributed by atoms with Gasteiger partial charge in [-0.3, -0.25) is 4.79 Å². The number of unbranched alkanes of at least 4 members (excludes halogenated alkanes) is 2. The Hall–Kier alpha value is -1.04. The van der Waals surface area contributed by atoms with E-state index in [1.807, 2.05) is 0 Å². The Balaban J connectivity index is 2.24. The number of carbonyl (C=O) groups excluding carboxylic acids is 1. The van der Waals surface area contributed by atoms with Crippen LogP contribution < -0.4 is 5.32 Å². The Labute approximate surface area is 85.5 Å². The fraction of sp³-hybridized carbons (Fsp3) is 0.818. The smallest absolute Gasteiger partial charge is 0.240 e. The molecule has 1 rings (SSSR count). The van der Waals surface area contributed by atoms with Crippen molar-refractivity contribution in [3.8, 4) is 6.07 Å². The van der Waals surface area contributed by atoms with Gasteiger partial charge in [0.05, 0.1) is 6.07 Å². The lowest BCUT2D eigenvalue weighted by Gasteiger charge is -2.33. The molecular weight excluding hydrogens is 176 g/mol. The lowest BCUT2D eigenvalue weighted by atomic mass is 9.69. The molecule has 1 fully saturated rings. The standard InChI is InChI=1S/C11H18N2O/c1-2-3-4-8-13-10(14)11(9-12)6-5-7-11/h2-8H2,1H3,(H,13,14). The third-order valence-electron chi connectivity index (χ3n) is 2.92. The van der Waals surface area contributed by atoms with Crippen molar-refractivity contribution < 1.29 is 4.79 Å². The minimum absolute atomic E-state index is 0.0534. The first kappa shape index (κ1) is 11.0. The Morgan fingerprint density at radius 1 is 1.50 bits per heavy atom. The third-order valence-corrected chi connectivity index (χ3v) is 2.92. The molecule has 0 aromatic heterocycles. The number of rotatable bonds is 5. The Bertz CT molecular complexity index is 238. The number of nitrogens with zero attached hydrogens (tertiary/aromatic N) is 1. The number of carbonyl (C=O) groups is 1. The van der Waals surface area contributed by atoms with Crippen molar-refractivity contribution in [3.63, 3.8) is 0 Å². The van der Waals surface area contributed by atoms with E-state index in [1.54, 1.807) is 0 Å². The van der Waals surface area contributed by atoms with Crippen LogP contribution in [-0.2, 0) is 4.79 Å². The van der Waals surface area contributed by atoms with Gasteiger partial charge in [0.25, 0.3) is 0 Å².